The van der Waals surface area contributed by atoms with E-state index in [-0.39, 0.29) is 18.0 Å². The van der Waals surface area contributed by atoms with Gasteiger partial charge in [-0.3, -0.25) is 4.98 Å². The molecule has 116 valence electrons. The topological polar surface area (TPSA) is 45.1 Å². The summed E-state index contributed by atoms with van der Waals surface area (Å²) in [5.41, 5.74) is 1.59. The minimum absolute atomic E-state index is 0.0861. The number of pyridine rings is 1. The zero-order chi connectivity index (χ0) is 15.6. The van der Waals surface area contributed by atoms with Gasteiger partial charge >= 0.3 is 0 Å². The Kier molecular flexibility index (Phi) is 4.32. The molecule has 0 aliphatic heterocycles. The van der Waals surface area contributed by atoms with Crippen LogP contribution in [0.3, 0.4) is 0 Å². The Morgan fingerprint density at radius 3 is 2.73 bits per heavy atom. The fourth-order valence-electron chi connectivity index (χ4n) is 3.05. The van der Waals surface area contributed by atoms with Crippen molar-refractivity contribution in [2.45, 2.75) is 31.2 Å². The summed E-state index contributed by atoms with van der Waals surface area (Å²) >= 11 is 5.95. The molecule has 1 heterocycles. The molecular weight excluding hydrogens is 303 g/mol. The van der Waals surface area contributed by atoms with Crippen molar-refractivity contribution in [3.63, 3.8) is 0 Å². The first kappa shape index (κ1) is 15.3. The van der Waals surface area contributed by atoms with Crippen LogP contribution in [0.4, 0.5) is 10.1 Å². The van der Waals surface area contributed by atoms with Crippen LogP contribution >= 0.6 is 11.6 Å². The molecule has 1 fully saturated rings. The molecule has 0 spiro atoms. The second-order valence-electron chi connectivity index (χ2n) is 5.86. The highest BCUT2D eigenvalue weighted by Gasteiger charge is 2.33. The number of benzene rings is 1. The van der Waals surface area contributed by atoms with E-state index in [1.165, 1.54) is 12.1 Å². The van der Waals surface area contributed by atoms with Crippen molar-refractivity contribution in [2.24, 2.45) is 0 Å². The Bertz CT molecular complexity index is 671. The minimum Gasteiger partial charge on any atom is -0.394 e. The first-order valence-electron chi connectivity index (χ1n) is 7.41. The average molecular weight is 321 g/mol. The summed E-state index contributed by atoms with van der Waals surface area (Å²) in [5, 5.41) is 13.5. The molecule has 3 nitrogen and oxygen atoms in total. The maximum Gasteiger partial charge on any atom is 0.131 e. The molecule has 1 aromatic heterocycles. The molecule has 2 N–H and O–H groups in total. The maximum absolute atomic E-state index is 14.0. The van der Waals surface area contributed by atoms with Crippen molar-refractivity contribution in [3.8, 4) is 11.1 Å². The van der Waals surface area contributed by atoms with Crippen LogP contribution in [-0.4, -0.2) is 22.2 Å². The number of hydrogen-bond donors (Lipinski definition) is 2. The van der Waals surface area contributed by atoms with Gasteiger partial charge < -0.3 is 10.4 Å². The molecule has 5 heteroatoms. The van der Waals surface area contributed by atoms with Crippen LogP contribution in [0.5, 0.6) is 0 Å². The Labute approximate surface area is 134 Å². The van der Waals surface area contributed by atoms with Crippen LogP contribution in [0.1, 0.15) is 25.7 Å². The molecule has 3 rings (SSSR count). The Balaban J connectivity index is 1.91. The SMILES string of the molecule is OCC1(Nc2cncc(-c3cc(Cl)ccc3F)c2)CCCC1. The summed E-state index contributed by atoms with van der Waals surface area (Å²) in [6.07, 6.45) is 7.37. The highest BCUT2D eigenvalue weighted by Crippen LogP contribution is 2.34. The van der Waals surface area contributed by atoms with E-state index >= 15 is 0 Å². The smallest absolute Gasteiger partial charge is 0.131 e. The molecule has 1 aliphatic rings. The first-order chi connectivity index (χ1) is 10.6. The predicted octanol–water partition coefficient (Wildman–Crippen LogP) is 4.26. The van der Waals surface area contributed by atoms with Crippen LogP contribution in [0.2, 0.25) is 5.02 Å². The lowest BCUT2D eigenvalue weighted by Crippen LogP contribution is -2.39. The van der Waals surface area contributed by atoms with Gasteiger partial charge in [0.25, 0.3) is 0 Å². The number of hydrogen-bond acceptors (Lipinski definition) is 3. The number of nitrogens with one attached hydrogen (secondary N) is 1. The molecular formula is C17H18ClFN2O. The van der Waals surface area contributed by atoms with Crippen molar-refractivity contribution in [1.29, 1.82) is 0 Å². The summed E-state index contributed by atoms with van der Waals surface area (Å²) < 4.78 is 14.0. The molecule has 1 aliphatic carbocycles. The van der Waals surface area contributed by atoms with Gasteiger partial charge in [-0.15, -0.1) is 0 Å². The zero-order valence-corrected chi connectivity index (χ0v) is 12.9. The fraction of sp³-hybridized carbons (Fsp3) is 0.353. The number of halogens is 2. The summed E-state index contributed by atoms with van der Waals surface area (Å²) in [7, 11) is 0. The van der Waals surface area contributed by atoms with Crippen LogP contribution in [-0.2, 0) is 0 Å². The monoisotopic (exact) mass is 320 g/mol. The van der Waals surface area contributed by atoms with Gasteiger partial charge in [-0.05, 0) is 37.1 Å². The zero-order valence-electron chi connectivity index (χ0n) is 12.1. The first-order valence-corrected chi connectivity index (χ1v) is 7.79. The average Bonchev–Trinajstić information content (AvgIpc) is 2.99. The standard InChI is InChI=1S/C17H18ClFN2O/c18-13-3-4-16(19)15(8-13)12-7-14(10-20-9-12)21-17(11-22)5-1-2-6-17/h3-4,7-10,21-22H,1-2,5-6,11H2. The van der Waals surface area contributed by atoms with Crippen LogP contribution in [0.15, 0.2) is 36.7 Å². The number of aliphatic hydroxyl groups is 1. The number of anilines is 1. The van der Waals surface area contributed by atoms with Gasteiger partial charge in [0.1, 0.15) is 5.82 Å². The molecule has 1 saturated carbocycles. The maximum atomic E-state index is 14.0. The molecule has 0 bridgehead atoms. The second-order valence-corrected chi connectivity index (χ2v) is 6.29. The van der Waals surface area contributed by atoms with Crippen molar-refractivity contribution < 1.29 is 9.50 Å². The third-order valence-electron chi connectivity index (χ3n) is 4.25. The third-order valence-corrected chi connectivity index (χ3v) is 4.49. The number of rotatable bonds is 4. The number of nitrogens with zero attached hydrogens (tertiary/aromatic N) is 1. The molecule has 22 heavy (non-hydrogen) atoms. The Morgan fingerprint density at radius 1 is 1.23 bits per heavy atom. The van der Waals surface area contributed by atoms with Gasteiger partial charge in [-0.1, -0.05) is 24.4 Å². The van der Waals surface area contributed by atoms with Crippen molar-refractivity contribution >= 4 is 17.3 Å². The fourth-order valence-corrected chi connectivity index (χ4v) is 3.23. The second kappa shape index (κ2) is 6.23. The third kappa shape index (κ3) is 3.08. The van der Waals surface area contributed by atoms with Gasteiger partial charge in [0.15, 0.2) is 0 Å². The molecule has 0 radical (unpaired) electrons. The summed E-state index contributed by atoms with van der Waals surface area (Å²) in [6.45, 7) is 0.0861. The Morgan fingerprint density at radius 2 is 2.00 bits per heavy atom. The van der Waals surface area contributed by atoms with Crippen molar-refractivity contribution in [3.05, 3.63) is 47.5 Å². The largest absolute Gasteiger partial charge is 0.394 e. The van der Waals surface area contributed by atoms with Crippen LogP contribution in [0.25, 0.3) is 11.1 Å². The van der Waals surface area contributed by atoms with E-state index in [2.05, 4.69) is 10.3 Å². The van der Waals surface area contributed by atoms with E-state index in [1.807, 2.05) is 6.07 Å². The lowest BCUT2D eigenvalue weighted by Gasteiger charge is -2.29. The van der Waals surface area contributed by atoms with Gasteiger partial charge in [0.05, 0.1) is 17.8 Å². The van der Waals surface area contributed by atoms with Gasteiger partial charge in [-0.2, -0.15) is 0 Å². The van der Waals surface area contributed by atoms with Crippen LogP contribution < -0.4 is 5.32 Å². The quantitative estimate of drug-likeness (QED) is 0.884. The van der Waals surface area contributed by atoms with Crippen molar-refractivity contribution in [2.75, 3.05) is 11.9 Å². The molecule has 0 saturated heterocycles. The van der Waals surface area contributed by atoms with Gasteiger partial charge in [0, 0.05) is 28.5 Å². The summed E-state index contributed by atoms with van der Waals surface area (Å²) in [6, 6.07) is 6.31. The van der Waals surface area contributed by atoms with Crippen molar-refractivity contribution in [1.82, 2.24) is 4.98 Å². The Hall–Kier alpha value is -1.65. The van der Waals surface area contributed by atoms with E-state index in [0.717, 1.165) is 31.4 Å². The molecule has 1 aromatic carbocycles. The predicted molar refractivity (Wildman–Crippen MR) is 86.5 cm³/mol. The van der Waals surface area contributed by atoms with Crippen LogP contribution in [0, 0.1) is 5.82 Å². The highest BCUT2D eigenvalue weighted by atomic mass is 35.5. The summed E-state index contributed by atoms with van der Waals surface area (Å²) in [4.78, 5) is 4.19. The van der Waals surface area contributed by atoms with E-state index in [9.17, 15) is 9.50 Å². The van der Waals surface area contributed by atoms with E-state index in [4.69, 9.17) is 11.6 Å². The normalized spacial score (nSPS) is 16.7. The lowest BCUT2D eigenvalue weighted by atomic mass is 9.98. The van der Waals surface area contributed by atoms with E-state index in [0.29, 0.717) is 16.1 Å². The molecule has 0 unspecified atom stereocenters. The minimum atomic E-state index is -0.332. The highest BCUT2D eigenvalue weighted by molar-refractivity contribution is 6.30. The molecule has 0 atom stereocenters. The van der Waals surface area contributed by atoms with E-state index < -0.39 is 0 Å². The van der Waals surface area contributed by atoms with Gasteiger partial charge in [0.2, 0.25) is 0 Å². The van der Waals surface area contributed by atoms with E-state index in [1.54, 1.807) is 18.5 Å². The number of aromatic nitrogens is 1. The number of aliphatic hydroxyl groups excluding tert-OH is 1. The molecule has 2 aromatic rings. The molecule has 0 amide bonds. The van der Waals surface area contributed by atoms with Gasteiger partial charge in [-0.25, -0.2) is 4.39 Å². The summed E-state index contributed by atoms with van der Waals surface area (Å²) in [5.74, 6) is -0.332. The lowest BCUT2D eigenvalue weighted by molar-refractivity contribution is 0.214.